The number of carbonyl (C=O) groups is 2. The Morgan fingerprint density at radius 2 is 2.14 bits per heavy atom. The van der Waals surface area contributed by atoms with Gasteiger partial charge in [0.05, 0.1) is 19.3 Å². The molecule has 2 aliphatic heterocycles. The molecule has 7 heteroatoms. The van der Waals surface area contributed by atoms with Gasteiger partial charge in [-0.1, -0.05) is 0 Å². The molecule has 3 atom stereocenters. The van der Waals surface area contributed by atoms with E-state index in [9.17, 15) is 9.59 Å². The standard InChI is InChI=1S/C15H25N3O4/c1-17-12-8-18(15(20)16-5-6-21-2)7-11(12)13(14(17)19)22-9-10-3-4-10/h10-13H,3-9H2,1-2H3,(H,16,20)/t11-,12+,13-/m0/s1. The fourth-order valence-electron chi connectivity index (χ4n) is 3.32. The van der Waals surface area contributed by atoms with Crippen molar-refractivity contribution in [3.8, 4) is 0 Å². The average Bonchev–Trinajstić information content (AvgIpc) is 3.18. The van der Waals surface area contributed by atoms with Crippen LogP contribution in [0.2, 0.25) is 0 Å². The number of nitrogens with zero attached hydrogens (tertiary/aromatic N) is 2. The third-order valence-electron chi connectivity index (χ3n) is 4.89. The second kappa shape index (κ2) is 6.42. The molecule has 0 aromatic rings. The minimum atomic E-state index is -0.382. The first-order valence-corrected chi connectivity index (χ1v) is 8.01. The molecule has 22 heavy (non-hydrogen) atoms. The number of rotatable bonds is 6. The lowest BCUT2D eigenvalue weighted by atomic mass is 10.0. The molecule has 3 rings (SSSR count). The van der Waals surface area contributed by atoms with Gasteiger partial charge in [-0.05, 0) is 18.8 Å². The third-order valence-corrected chi connectivity index (χ3v) is 4.89. The molecule has 3 fully saturated rings. The van der Waals surface area contributed by atoms with Gasteiger partial charge in [0.2, 0.25) is 0 Å². The van der Waals surface area contributed by atoms with E-state index in [1.54, 1.807) is 16.9 Å². The first-order valence-electron chi connectivity index (χ1n) is 8.01. The highest BCUT2D eigenvalue weighted by Crippen LogP contribution is 2.36. The Hall–Kier alpha value is -1.34. The maximum absolute atomic E-state index is 12.3. The van der Waals surface area contributed by atoms with E-state index in [2.05, 4.69) is 5.32 Å². The molecule has 2 heterocycles. The molecule has 0 spiro atoms. The quantitative estimate of drug-likeness (QED) is 0.696. The van der Waals surface area contributed by atoms with Gasteiger partial charge in [-0.15, -0.1) is 0 Å². The molecule has 0 bridgehead atoms. The predicted octanol–water partition coefficient (Wildman–Crippen LogP) is -0.0900. The smallest absolute Gasteiger partial charge is 0.317 e. The number of hydrogen-bond acceptors (Lipinski definition) is 4. The Morgan fingerprint density at radius 3 is 2.82 bits per heavy atom. The SMILES string of the molecule is COCCNC(=O)N1C[C@@H]2[C@H](OCC3CC3)C(=O)N(C)[C@@H]2C1. The molecule has 2 saturated heterocycles. The number of amides is 3. The van der Waals surface area contributed by atoms with Crippen LogP contribution in [0.5, 0.6) is 0 Å². The van der Waals surface area contributed by atoms with Gasteiger partial charge in [0.15, 0.2) is 0 Å². The summed E-state index contributed by atoms with van der Waals surface area (Å²) in [6, 6.07) is -0.0156. The maximum Gasteiger partial charge on any atom is 0.317 e. The van der Waals surface area contributed by atoms with E-state index in [4.69, 9.17) is 9.47 Å². The molecule has 3 amide bonds. The first-order chi connectivity index (χ1) is 10.6. The van der Waals surface area contributed by atoms with Crippen LogP contribution >= 0.6 is 0 Å². The van der Waals surface area contributed by atoms with E-state index < -0.39 is 0 Å². The van der Waals surface area contributed by atoms with Crippen LogP contribution in [0.4, 0.5) is 4.79 Å². The van der Waals surface area contributed by atoms with Gasteiger partial charge in [0.25, 0.3) is 5.91 Å². The van der Waals surface area contributed by atoms with E-state index >= 15 is 0 Å². The molecule has 7 nitrogen and oxygen atoms in total. The van der Waals surface area contributed by atoms with Crippen molar-refractivity contribution < 1.29 is 19.1 Å². The number of likely N-dealkylation sites (N-methyl/N-ethyl adjacent to an activating group) is 1. The Balaban J connectivity index is 1.56. The summed E-state index contributed by atoms with van der Waals surface area (Å²) in [6.45, 7) is 2.83. The molecule has 0 aromatic heterocycles. The molecule has 1 aliphatic carbocycles. The highest BCUT2D eigenvalue weighted by atomic mass is 16.5. The van der Waals surface area contributed by atoms with Crippen molar-refractivity contribution in [3.05, 3.63) is 0 Å². The van der Waals surface area contributed by atoms with Crippen LogP contribution in [0.25, 0.3) is 0 Å². The maximum atomic E-state index is 12.3. The summed E-state index contributed by atoms with van der Waals surface area (Å²) in [7, 11) is 3.42. The summed E-state index contributed by atoms with van der Waals surface area (Å²) in [5.41, 5.74) is 0. The van der Waals surface area contributed by atoms with Crippen molar-refractivity contribution in [2.24, 2.45) is 11.8 Å². The molecular formula is C15H25N3O4. The zero-order valence-electron chi connectivity index (χ0n) is 13.3. The summed E-state index contributed by atoms with van der Waals surface area (Å²) in [4.78, 5) is 28.0. The molecule has 3 aliphatic rings. The minimum absolute atomic E-state index is 0.0649. The molecule has 0 aromatic carbocycles. The number of ether oxygens (including phenoxy) is 2. The average molecular weight is 311 g/mol. The zero-order valence-corrected chi connectivity index (χ0v) is 13.3. The van der Waals surface area contributed by atoms with E-state index in [1.807, 2.05) is 7.05 Å². The lowest BCUT2D eigenvalue weighted by molar-refractivity contribution is -0.138. The summed E-state index contributed by atoms with van der Waals surface area (Å²) in [6.07, 6.45) is 2.03. The third kappa shape index (κ3) is 3.05. The lowest BCUT2D eigenvalue weighted by Crippen LogP contribution is -2.44. The lowest BCUT2D eigenvalue weighted by Gasteiger charge is -2.22. The number of likely N-dealkylation sites (tertiary alicyclic amines) is 2. The van der Waals surface area contributed by atoms with Gasteiger partial charge in [0.1, 0.15) is 6.10 Å². The minimum Gasteiger partial charge on any atom is -0.383 e. The Kier molecular flexibility index (Phi) is 4.54. The molecule has 124 valence electrons. The molecule has 0 radical (unpaired) electrons. The monoisotopic (exact) mass is 311 g/mol. The summed E-state index contributed by atoms with van der Waals surface area (Å²) >= 11 is 0. The summed E-state index contributed by atoms with van der Waals surface area (Å²) < 4.78 is 10.8. The van der Waals surface area contributed by atoms with Gasteiger partial charge in [-0.25, -0.2) is 4.79 Å². The fraction of sp³-hybridized carbons (Fsp3) is 0.867. The largest absolute Gasteiger partial charge is 0.383 e. The van der Waals surface area contributed by atoms with E-state index in [0.29, 0.717) is 38.8 Å². The van der Waals surface area contributed by atoms with E-state index in [1.165, 1.54) is 12.8 Å². The number of nitrogens with one attached hydrogen (secondary N) is 1. The van der Waals surface area contributed by atoms with Crippen molar-refractivity contribution in [1.29, 1.82) is 0 Å². The van der Waals surface area contributed by atoms with Gasteiger partial charge < -0.3 is 24.6 Å². The highest BCUT2D eigenvalue weighted by Gasteiger charge is 2.52. The van der Waals surface area contributed by atoms with Crippen LogP contribution in [0, 0.1) is 11.8 Å². The molecule has 0 unspecified atom stereocenters. The predicted molar refractivity (Wildman–Crippen MR) is 79.4 cm³/mol. The van der Waals surface area contributed by atoms with Crippen molar-refractivity contribution in [1.82, 2.24) is 15.1 Å². The Labute approximate surface area is 130 Å². The fourth-order valence-corrected chi connectivity index (χ4v) is 3.32. The topological polar surface area (TPSA) is 71.1 Å². The summed E-state index contributed by atoms with van der Waals surface area (Å²) in [5, 5.41) is 2.83. The van der Waals surface area contributed by atoms with Crippen LogP contribution in [0.1, 0.15) is 12.8 Å². The van der Waals surface area contributed by atoms with Crippen LogP contribution in [0.3, 0.4) is 0 Å². The number of fused-ring (bicyclic) bond motifs is 1. The first kappa shape index (κ1) is 15.6. The molecule has 1 N–H and O–H groups in total. The van der Waals surface area contributed by atoms with Gasteiger partial charge in [-0.3, -0.25) is 4.79 Å². The highest BCUT2D eigenvalue weighted by molar-refractivity contribution is 5.85. The van der Waals surface area contributed by atoms with Crippen LogP contribution in [-0.2, 0) is 14.3 Å². The zero-order chi connectivity index (χ0) is 15.7. The van der Waals surface area contributed by atoms with Crippen LogP contribution in [-0.4, -0.2) is 80.9 Å². The molecular weight excluding hydrogens is 286 g/mol. The number of urea groups is 1. The van der Waals surface area contributed by atoms with Gasteiger partial charge in [-0.2, -0.15) is 0 Å². The number of hydrogen-bond donors (Lipinski definition) is 1. The Bertz CT molecular complexity index is 441. The summed E-state index contributed by atoms with van der Waals surface area (Å²) in [5.74, 6) is 0.784. The van der Waals surface area contributed by atoms with Crippen LogP contribution in [0.15, 0.2) is 0 Å². The van der Waals surface area contributed by atoms with Crippen molar-refractivity contribution >= 4 is 11.9 Å². The second-order valence-corrected chi connectivity index (χ2v) is 6.51. The van der Waals surface area contributed by atoms with Gasteiger partial charge >= 0.3 is 6.03 Å². The van der Waals surface area contributed by atoms with Gasteiger partial charge in [0, 0.05) is 39.7 Å². The number of methoxy groups -OCH3 is 1. The van der Waals surface area contributed by atoms with E-state index in [-0.39, 0.29) is 30.0 Å². The Morgan fingerprint density at radius 1 is 1.36 bits per heavy atom. The number of carbonyl (C=O) groups excluding carboxylic acids is 2. The van der Waals surface area contributed by atoms with Crippen molar-refractivity contribution in [2.75, 3.05) is 47.0 Å². The normalized spacial score (nSPS) is 30.8. The van der Waals surface area contributed by atoms with Crippen molar-refractivity contribution in [3.63, 3.8) is 0 Å². The van der Waals surface area contributed by atoms with Crippen molar-refractivity contribution in [2.45, 2.75) is 25.0 Å². The molecule has 1 saturated carbocycles. The second-order valence-electron chi connectivity index (χ2n) is 6.51. The van der Waals surface area contributed by atoms with Crippen LogP contribution < -0.4 is 5.32 Å². The van der Waals surface area contributed by atoms with E-state index in [0.717, 1.165) is 0 Å².